The lowest BCUT2D eigenvalue weighted by atomic mass is 9.49. The van der Waals surface area contributed by atoms with Crippen LogP contribution in [0.5, 0.6) is 11.5 Å². The summed E-state index contributed by atoms with van der Waals surface area (Å²) in [4.78, 5) is 14.3. The van der Waals surface area contributed by atoms with Gasteiger partial charge in [0.2, 0.25) is 5.56 Å². The second-order valence-electron chi connectivity index (χ2n) is 12.5. The molecule has 4 aliphatic rings. The number of benzene rings is 2. The number of phenolic OH excluding ortho intramolecular Hbond substituents is 1. The molecule has 2 atom stereocenters. The van der Waals surface area contributed by atoms with Crippen LogP contribution in [0.25, 0.3) is 10.9 Å². The van der Waals surface area contributed by atoms with Crippen molar-refractivity contribution in [1.29, 1.82) is 0 Å². The Morgan fingerprint density at radius 1 is 1.05 bits per heavy atom. The molecule has 7 rings (SSSR count). The Morgan fingerprint density at radius 3 is 2.53 bits per heavy atom. The zero-order chi connectivity index (χ0) is 26.3. The van der Waals surface area contributed by atoms with Crippen LogP contribution in [0, 0.1) is 23.2 Å². The topological polar surface area (TPSA) is 94.6 Å². The lowest BCUT2D eigenvalue weighted by Crippen LogP contribution is -2.46. The summed E-state index contributed by atoms with van der Waals surface area (Å²) < 4.78 is 6.28. The molecule has 0 radical (unpaired) electrons. The minimum Gasteiger partial charge on any atom is -0.506 e. The molecule has 1 aromatic heterocycles. The highest BCUT2D eigenvalue weighted by molar-refractivity contribution is 5.87. The van der Waals surface area contributed by atoms with E-state index < -0.39 is 6.10 Å². The van der Waals surface area contributed by atoms with Gasteiger partial charge in [-0.25, -0.2) is 0 Å². The van der Waals surface area contributed by atoms with Crippen LogP contribution >= 0.6 is 0 Å². The summed E-state index contributed by atoms with van der Waals surface area (Å²) in [5.41, 5.74) is 2.49. The quantitative estimate of drug-likeness (QED) is 0.287. The van der Waals surface area contributed by atoms with Crippen LogP contribution in [-0.2, 0) is 6.42 Å². The van der Waals surface area contributed by atoms with E-state index in [4.69, 9.17) is 4.74 Å². The SMILES string of the molecule is C[C@H](Cc1cccc(OCCC23CC4CC(CC(C4)C2)C3)c1)NCC(O)c1ccc(O)c2[nH]c(=O)ccc12. The van der Waals surface area contributed by atoms with Crippen LogP contribution in [-0.4, -0.2) is 34.4 Å². The van der Waals surface area contributed by atoms with Crippen molar-refractivity contribution in [3.05, 3.63) is 70.0 Å². The van der Waals surface area contributed by atoms with Gasteiger partial charge in [0.05, 0.1) is 18.2 Å². The Balaban J connectivity index is 1.01. The number of ether oxygens (including phenoxy) is 1. The third-order valence-corrected chi connectivity index (χ3v) is 9.43. The minimum absolute atomic E-state index is 0.00462. The Labute approximate surface area is 224 Å². The van der Waals surface area contributed by atoms with Crippen LogP contribution in [0.3, 0.4) is 0 Å². The summed E-state index contributed by atoms with van der Waals surface area (Å²) in [6, 6.07) is 14.8. The van der Waals surface area contributed by atoms with E-state index in [0.29, 0.717) is 28.4 Å². The monoisotopic (exact) mass is 516 g/mol. The summed E-state index contributed by atoms with van der Waals surface area (Å²) in [6.07, 6.45) is 9.97. The molecule has 4 saturated carbocycles. The van der Waals surface area contributed by atoms with E-state index in [-0.39, 0.29) is 17.4 Å². The van der Waals surface area contributed by atoms with Crippen molar-refractivity contribution < 1.29 is 14.9 Å². The van der Waals surface area contributed by atoms with Gasteiger partial charge in [0.15, 0.2) is 0 Å². The second-order valence-corrected chi connectivity index (χ2v) is 12.5. The molecule has 4 fully saturated rings. The van der Waals surface area contributed by atoms with Gasteiger partial charge >= 0.3 is 0 Å². The molecule has 0 amide bonds. The predicted octanol–water partition coefficient (Wildman–Crippen LogP) is 5.47. The summed E-state index contributed by atoms with van der Waals surface area (Å²) in [5, 5.41) is 25.0. The van der Waals surface area contributed by atoms with E-state index in [9.17, 15) is 15.0 Å². The Kier molecular flexibility index (Phi) is 6.95. The van der Waals surface area contributed by atoms with E-state index in [1.54, 1.807) is 12.1 Å². The molecule has 4 bridgehead atoms. The van der Waals surface area contributed by atoms with Crippen molar-refractivity contribution in [2.75, 3.05) is 13.2 Å². The Hall–Kier alpha value is -2.83. The fourth-order valence-electron chi connectivity index (χ4n) is 8.14. The third-order valence-electron chi connectivity index (χ3n) is 9.43. The van der Waals surface area contributed by atoms with E-state index in [1.165, 1.54) is 62.6 Å². The van der Waals surface area contributed by atoms with Crippen LogP contribution in [0.15, 0.2) is 53.3 Å². The molecule has 0 aliphatic heterocycles. The van der Waals surface area contributed by atoms with Gasteiger partial charge < -0.3 is 25.3 Å². The van der Waals surface area contributed by atoms with Crippen molar-refractivity contribution >= 4 is 10.9 Å². The Morgan fingerprint density at radius 2 is 1.79 bits per heavy atom. The molecule has 2 aromatic carbocycles. The first kappa shape index (κ1) is 25.4. The van der Waals surface area contributed by atoms with Crippen molar-refractivity contribution in [3.63, 3.8) is 0 Å². The van der Waals surface area contributed by atoms with Gasteiger partial charge in [-0.3, -0.25) is 4.79 Å². The number of hydrogen-bond donors (Lipinski definition) is 4. The van der Waals surface area contributed by atoms with Gasteiger partial charge in [-0.15, -0.1) is 0 Å². The molecule has 38 heavy (non-hydrogen) atoms. The molecule has 0 spiro atoms. The highest BCUT2D eigenvalue weighted by Crippen LogP contribution is 2.61. The normalized spacial score (nSPS) is 27.5. The van der Waals surface area contributed by atoms with Gasteiger partial charge in [0.25, 0.3) is 0 Å². The highest BCUT2D eigenvalue weighted by atomic mass is 16.5. The summed E-state index contributed by atoms with van der Waals surface area (Å²) in [6.45, 7) is 3.28. The smallest absolute Gasteiger partial charge is 0.248 e. The molecule has 6 heteroatoms. The number of H-pyrrole nitrogens is 1. The first-order valence-corrected chi connectivity index (χ1v) is 14.3. The number of aliphatic hydroxyl groups is 1. The fourth-order valence-corrected chi connectivity index (χ4v) is 8.14. The zero-order valence-electron chi connectivity index (χ0n) is 22.3. The maximum atomic E-state index is 11.7. The molecular weight excluding hydrogens is 476 g/mol. The van der Waals surface area contributed by atoms with Crippen LogP contribution in [0.2, 0.25) is 0 Å². The van der Waals surface area contributed by atoms with Crippen LogP contribution < -0.4 is 15.6 Å². The summed E-state index contributed by atoms with van der Waals surface area (Å²) in [5.74, 6) is 3.88. The standard InChI is InChI=1S/C32H40N2O4/c1-20(33-19-29(36)26-5-7-28(35)31-27(26)6-8-30(37)34-31)11-21-3-2-4-25(15-21)38-10-9-32-16-22-12-23(17-32)14-24(13-22)18-32/h2-8,15,20,22-24,29,33,35-36H,9-14,16-19H2,1H3,(H,34,37)/t20-,22?,23?,24?,29?,32?/m1/s1. The first-order chi connectivity index (χ1) is 18.4. The lowest BCUT2D eigenvalue weighted by Gasteiger charge is -2.57. The van der Waals surface area contributed by atoms with Crippen molar-refractivity contribution in [1.82, 2.24) is 10.3 Å². The lowest BCUT2D eigenvalue weighted by molar-refractivity contribution is -0.0622. The summed E-state index contributed by atoms with van der Waals surface area (Å²) >= 11 is 0. The molecule has 1 heterocycles. The Bertz CT molecular complexity index is 1310. The first-order valence-electron chi connectivity index (χ1n) is 14.3. The molecular formula is C32H40N2O4. The average molecular weight is 517 g/mol. The van der Waals surface area contributed by atoms with Gasteiger partial charge in [-0.2, -0.15) is 0 Å². The van der Waals surface area contributed by atoms with Crippen LogP contribution in [0.4, 0.5) is 0 Å². The molecule has 4 aliphatic carbocycles. The second kappa shape index (κ2) is 10.4. The van der Waals surface area contributed by atoms with E-state index >= 15 is 0 Å². The maximum Gasteiger partial charge on any atom is 0.248 e. The fraction of sp³-hybridized carbons (Fsp3) is 0.531. The van der Waals surface area contributed by atoms with Gasteiger partial charge in [0.1, 0.15) is 11.5 Å². The molecule has 1 unspecified atom stereocenters. The van der Waals surface area contributed by atoms with E-state index in [1.807, 2.05) is 0 Å². The van der Waals surface area contributed by atoms with Gasteiger partial charge in [0, 0.05) is 24.0 Å². The number of rotatable bonds is 10. The average Bonchev–Trinajstić information content (AvgIpc) is 2.87. The molecule has 6 nitrogen and oxygen atoms in total. The van der Waals surface area contributed by atoms with Gasteiger partial charge in [-0.05, 0) is 117 Å². The number of nitrogens with one attached hydrogen (secondary N) is 2. The number of phenols is 1. The third kappa shape index (κ3) is 5.34. The van der Waals surface area contributed by atoms with E-state index in [0.717, 1.165) is 36.5 Å². The van der Waals surface area contributed by atoms with Crippen molar-refractivity contribution in [2.24, 2.45) is 23.2 Å². The molecule has 3 aromatic rings. The van der Waals surface area contributed by atoms with Crippen molar-refractivity contribution in [3.8, 4) is 11.5 Å². The molecule has 0 saturated heterocycles. The number of pyridine rings is 1. The predicted molar refractivity (Wildman–Crippen MR) is 150 cm³/mol. The number of fused-ring (bicyclic) bond motifs is 1. The number of aromatic nitrogens is 1. The van der Waals surface area contributed by atoms with Crippen LogP contribution in [0.1, 0.15) is 69.1 Å². The largest absolute Gasteiger partial charge is 0.506 e. The number of hydrogen-bond acceptors (Lipinski definition) is 5. The minimum atomic E-state index is -0.772. The molecule has 202 valence electrons. The maximum absolute atomic E-state index is 11.7. The number of aromatic hydroxyl groups is 1. The zero-order valence-corrected chi connectivity index (χ0v) is 22.3. The van der Waals surface area contributed by atoms with Crippen molar-refractivity contribution in [2.45, 2.75) is 70.4 Å². The summed E-state index contributed by atoms with van der Waals surface area (Å²) in [7, 11) is 0. The number of aromatic amines is 1. The van der Waals surface area contributed by atoms with E-state index in [2.05, 4.69) is 41.5 Å². The highest BCUT2D eigenvalue weighted by Gasteiger charge is 2.50. The van der Waals surface area contributed by atoms with Gasteiger partial charge in [-0.1, -0.05) is 18.2 Å². The number of aliphatic hydroxyl groups excluding tert-OH is 1. The molecule has 4 N–H and O–H groups in total.